The standard InChI is InChI=1S/C23H16BrCl3F3N3O3S/c24-14-3-8-22(21(9-14)36-23(28,29)30)37(34,35)31-12-17-11-20(13-1-4-15(25)5-2-13)33(32-17)19-7-6-16(26)10-18(19)27/h1-10,20,31H,11-12H2. The zero-order chi connectivity index (χ0) is 27.0. The Morgan fingerprint density at radius 2 is 1.70 bits per heavy atom. The van der Waals surface area contributed by atoms with Crippen molar-refractivity contribution in [2.45, 2.75) is 23.7 Å². The van der Waals surface area contributed by atoms with Crippen LogP contribution in [0.15, 0.2) is 75.1 Å². The van der Waals surface area contributed by atoms with E-state index in [1.807, 2.05) is 12.1 Å². The monoisotopic (exact) mass is 655 g/mol. The molecule has 4 rings (SSSR count). The van der Waals surface area contributed by atoms with Crippen molar-refractivity contribution < 1.29 is 26.3 Å². The summed E-state index contributed by atoms with van der Waals surface area (Å²) in [6, 6.07) is 14.8. The molecule has 0 aromatic heterocycles. The summed E-state index contributed by atoms with van der Waals surface area (Å²) in [6.45, 7) is -0.268. The first kappa shape index (κ1) is 28.0. The Morgan fingerprint density at radius 3 is 2.35 bits per heavy atom. The molecule has 0 saturated carbocycles. The van der Waals surface area contributed by atoms with Gasteiger partial charge in [0.1, 0.15) is 4.90 Å². The predicted molar refractivity (Wildman–Crippen MR) is 141 cm³/mol. The summed E-state index contributed by atoms with van der Waals surface area (Å²) in [5, 5.41) is 7.51. The molecule has 196 valence electrons. The molecule has 3 aromatic carbocycles. The van der Waals surface area contributed by atoms with Gasteiger partial charge in [-0.15, -0.1) is 13.2 Å². The van der Waals surface area contributed by atoms with Crippen LogP contribution >= 0.6 is 50.7 Å². The molecule has 1 unspecified atom stereocenters. The molecule has 0 aliphatic carbocycles. The number of alkyl halides is 3. The van der Waals surface area contributed by atoms with Crippen LogP contribution < -0.4 is 14.5 Å². The normalized spacial score (nSPS) is 16.1. The number of hydrogen-bond donors (Lipinski definition) is 1. The van der Waals surface area contributed by atoms with E-state index in [0.717, 1.165) is 17.7 Å². The maximum atomic E-state index is 12.9. The Kier molecular flexibility index (Phi) is 8.32. The topological polar surface area (TPSA) is 71.0 Å². The van der Waals surface area contributed by atoms with Crippen molar-refractivity contribution >= 4 is 72.2 Å². The number of rotatable bonds is 7. The number of anilines is 1. The van der Waals surface area contributed by atoms with Crippen LogP contribution in [-0.4, -0.2) is 27.0 Å². The third-order valence-corrected chi connectivity index (χ3v) is 8.00. The molecule has 0 saturated heterocycles. The fourth-order valence-electron chi connectivity index (χ4n) is 3.68. The Labute approximate surface area is 234 Å². The zero-order valence-corrected chi connectivity index (χ0v) is 23.1. The molecule has 1 aliphatic heterocycles. The first-order valence-electron chi connectivity index (χ1n) is 10.4. The van der Waals surface area contributed by atoms with Crippen molar-refractivity contribution in [1.29, 1.82) is 0 Å². The third kappa shape index (κ3) is 6.90. The molecule has 3 aromatic rings. The molecule has 0 spiro atoms. The van der Waals surface area contributed by atoms with Gasteiger partial charge in [-0.05, 0) is 54.1 Å². The van der Waals surface area contributed by atoms with E-state index in [1.54, 1.807) is 35.3 Å². The molecule has 1 heterocycles. The van der Waals surface area contributed by atoms with Crippen molar-refractivity contribution in [1.82, 2.24) is 4.72 Å². The molecule has 37 heavy (non-hydrogen) atoms. The minimum atomic E-state index is -5.08. The number of ether oxygens (including phenoxy) is 1. The first-order chi connectivity index (χ1) is 17.3. The van der Waals surface area contributed by atoms with Gasteiger partial charge < -0.3 is 4.74 Å². The molecule has 0 fully saturated rings. The van der Waals surface area contributed by atoms with Crippen LogP contribution in [0, 0.1) is 0 Å². The summed E-state index contributed by atoms with van der Waals surface area (Å²) in [4.78, 5) is -0.668. The van der Waals surface area contributed by atoms with Gasteiger partial charge in [0.2, 0.25) is 10.0 Å². The summed E-state index contributed by atoms with van der Waals surface area (Å²) in [7, 11) is -4.41. The van der Waals surface area contributed by atoms with Crippen LogP contribution in [0.4, 0.5) is 18.9 Å². The van der Waals surface area contributed by atoms with Crippen molar-refractivity contribution in [3.05, 3.63) is 85.8 Å². The van der Waals surface area contributed by atoms with Crippen LogP contribution in [0.25, 0.3) is 0 Å². The fraction of sp³-hybridized carbons (Fsp3) is 0.174. The van der Waals surface area contributed by atoms with Crippen LogP contribution in [0.1, 0.15) is 18.0 Å². The van der Waals surface area contributed by atoms with E-state index in [0.29, 0.717) is 32.9 Å². The molecule has 1 aliphatic rings. The molecule has 1 atom stereocenters. The second-order valence-corrected chi connectivity index (χ2v) is 11.8. The second kappa shape index (κ2) is 11.0. The zero-order valence-electron chi connectivity index (χ0n) is 18.4. The summed E-state index contributed by atoms with van der Waals surface area (Å²) in [5.74, 6) is -0.864. The lowest BCUT2D eigenvalue weighted by atomic mass is 10.0. The summed E-state index contributed by atoms with van der Waals surface area (Å²) in [5.41, 5.74) is 1.80. The largest absolute Gasteiger partial charge is 0.573 e. The Morgan fingerprint density at radius 1 is 1.03 bits per heavy atom. The minimum Gasteiger partial charge on any atom is -0.404 e. The first-order valence-corrected chi connectivity index (χ1v) is 13.8. The van der Waals surface area contributed by atoms with E-state index in [9.17, 15) is 21.6 Å². The molecule has 1 N–H and O–H groups in total. The molecular formula is C23H16BrCl3F3N3O3S. The van der Waals surface area contributed by atoms with Gasteiger partial charge in [-0.2, -0.15) is 5.10 Å². The molecule has 0 amide bonds. The lowest BCUT2D eigenvalue weighted by Crippen LogP contribution is -2.30. The quantitative estimate of drug-likeness (QED) is 0.284. The van der Waals surface area contributed by atoms with Gasteiger partial charge >= 0.3 is 6.36 Å². The highest BCUT2D eigenvalue weighted by Crippen LogP contribution is 2.40. The maximum Gasteiger partial charge on any atom is 0.573 e. The second-order valence-electron chi connectivity index (χ2n) is 7.84. The highest BCUT2D eigenvalue weighted by molar-refractivity contribution is 9.10. The van der Waals surface area contributed by atoms with Crippen molar-refractivity contribution in [2.24, 2.45) is 5.10 Å². The van der Waals surface area contributed by atoms with Gasteiger partial charge in [-0.3, -0.25) is 5.01 Å². The number of sulfonamides is 1. The average molecular weight is 658 g/mol. The van der Waals surface area contributed by atoms with Crippen molar-refractivity contribution in [2.75, 3.05) is 11.6 Å². The Bertz CT molecular complexity index is 1460. The average Bonchev–Trinajstić information content (AvgIpc) is 3.21. The number of benzene rings is 3. The highest BCUT2D eigenvalue weighted by atomic mass is 79.9. The Hall–Kier alpha value is -2.02. The minimum absolute atomic E-state index is 0.215. The van der Waals surface area contributed by atoms with Gasteiger partial charge in [0, 0.05) is 20.9 Å². The molecule has 0 radical (unpaired) electrons. The molecule has 14 heteroatoms. The van der Waals surface area contributed by atoms with Gasteiger partial charge in [0.25, 0.3) is 0 Å². The van der Waals surface area contributed by atoms with Crippen molar-refractivity contribution in [3.63, 3.8) is 0 Å². The Balaban J connectivity index is 1.62. The van der Waals surface area contributed by atoms with Gasteiger partial charge in [0.15, 0.2) is 5.75 Å². The highest BCUT2D eigenvalue weighted by Gasteiger charge is 2.35. The van der Waals surface area contributed by atoms with Gasteiger partial charge in [-0.1, -0.05) is 62.9 Å². The van der Waals surface area contributed by atoms with Gasteiger partial charge in [-0.25, -0.2) is 13.1 Å². The van der Waals surface area contributed by atoms with Crippen LogP contribution in [0.3, 0.4) is 0 Å². The SMILES string of the molecule is O=S(=O)(NCC1=NN(c2ccc(Cl)cc2Cl)C(c2ccc(Cl)cc2)C1)c1ccc(Br)cc1OC(F)(F)F. The van der Waals surface area contributed by atoms with E-state index >= 15 is 0 Å². The summed E-state index contributed by atoms with van der Waals surface area (Å²) >= 11 is 21.5. The van der Waals surface area contributed by atoms with Crippen LogP contribution in [0.5, 0.6) is 5.75 Å². The molecule has 6 nitrogen and oxygen atoms in total. The van der Waals surface area contributed by atoms with E-state index in [4.69, 9.17) is 34.8 Å². The number of nitrogens with one attached hydrogen (secondary N) is 1. The smallest absolute Gasteiger partial charge is 0.404 e. The van der Waals surface area contributed by atoms with Crippen LogP contribution in [-0.2, 0) is 10.0 Å². The summed E-state index contributed by atoms with van der Waals surface area (Å²) < 4.78 is 70.9. The number of hydrazone groups is 1. The van der Waals surface area contributed by atoms with Crippen LogP contribution in [0.2, 0.25) is 15.1 Å². The van der Waals surface area contributed by atoms with E-state index in [-0.39, 0.29) is 17.1 Å². The van der Waals surface area contributed by atoms with E-state index in [2.05, 4.69) is 30.5 Å². The fourth-order valence-corrected chi connectivity index (χ4v) is 5.76. The summed E-state index contributed by atoms with van der Waals surface area (Å²) in [6.07, 6.45) is -4.78. The lowest BCUT2D eigenvalue weighted by Gasteiger charge is -2.25. The number of hydrogen-bond acceptors (Lipinski definition) is 5. The number of nitrogens with zero attached hydrogens (tertiary/aromatic N) is 2. The van der Waals surface area contributed by atoms with Gasteiger partial charge in [0.05, 0.1) is 29.0 Å². The van der Waals surface area contributed by atoms with E-state index in [1.165, 1.54) is 6.07 Å². The predicted octanol–water partition coefficient (Wildman–Crippen LogP) is 7.59. The molecular weight excluding hydrogens is 642 g/mol. The maximum absolute atomic E-state index is 12.9. The molecule has 0 bridgehead atoms. The number of halogens is 7. The van der Waals surface area contributed by atoms with Crippen molar-refractivity contribution in [3.8, 4) is 5.75 Å². The third-order valence-electron chi connectivity index (χ3n) is 5.27. The van der Waals surface area contributed by atoms with E-state index < -0.39 is 27.0 Å². The lowest BCUT2D eigenvalue weighted by molar-refractivity contribution is -0.275.